The molecule has 0 heterocycles. The van der Waals surface area contributed by atoms with Gasteiger partial charge in [-0.3, -0.25) is 9.59 Å². The van der Waals surface area contributed by atoms with Gasteiger partial charge in [0.1, 0.15) is 0 Å². The Bertz CT molecular complexity index is 523. The van der Waals surface area contributed by atoms with Crippen molar-refractivity contribution in [2.75, 3.05) is 13.2 Å². The highest BCUT2D eigenvalue weighted by molar-refractivity contribution is 6.31. The summed E-state index contributed by atoms with van der Waals surface area (Å²) in [6.45, 7) is 8.39. The van der Waals surface area contributed by atoms with Gasteiger partial charge in [-0.15, -0.1) is 0 Å². The minimum Gasteiger partial charge on any atom is -0.466 e. The van der Waals surface area contributed by atoms with Crippen LogP contribution in [0.15, 0.2) is 24.3 Å². The summed E-state index contributed by atoms with van der Waals surface area (Å²) in [5.74, 6) is -0.315. The molecule has 0 saturated heterocycles. The molecule has 0 atom stereocenters. The monoisotopic (exact) mass is 325 g/mol. The van der Waals surface area contributed by atoms with E-state index in [1.807, 2.05) is 39.0 Å². The van der Waals surface area contributed by atoms with Crippen LogP contribution in [0, 0.1) is 5.41 Å². The van der Waals surface area contributed by atoms with Crippen LogP contribution in [0.1, 0.15) is 39.7 Å². The van der Waals surface area contributed by atoms with Gasteiger partial charge in [0.25, 0.3) is 0 Å². The van der Waals surface area contributed by atoms with Crippen LogP contribution in [0.25, 0.3) is 0 Å². The molecule has 0 aromatic heterocycles. The van der Waals surface area contributed by atoms with Gasteiger partial charge in [-0.1, -0.05) is 50.6 Å². The topological polar surface area (TPSA) is 46.6 Å². The second-order valence-electron chi connectivity index (χ2n) is 6.12. The van der Waals surface area contributed by atoms with E-state index in [2.05, 4.69) is 0 Å². The molecule has 0 radical (unpaired) electrons. The first kappa shape index (κ1) is 18.5. The van der Waals surface area contributed by atoms with E-state index in [1.165, 1.54) is 0 Å². The Hall–Kier alpha value is -1.55. The van der Waals surface area contributed by atoms with E-state index in [9.17, 15) is 9.59 Å². The molecule has 0 N–H and O–H groups in total. The molecule has 1 rings (SSSR count). The van der Waals surface area contributed by atoms with Gasteiger partial charge in [0.05, 0.1) is 13.0 Å². The number of hydrogen-bond donors (Lipinski definition) is 0. The quantitative estimate of drug-likeness (QED) is 0.750. The predicted octanol–water partition coefficient (Wildman–Crippen LogP) is 3.67. The van der Waals surface area contributed by atoms with Crippen LogP contribution in [-0.2, 0) is 20.9 Å². The highest BCUT2D eigenvalue weighted by Crippen LogP contribution is 2.22. The van der Waals surface area contributed by atoms with Gasteiger partial charge in [-0.05, 0) is 18.6 Å². The normalized spacial score (nSPS) is 11.1. The van der Waals surface area contributed by atoms with Crippen molar-refractivity contribution < 1.29 is 14.3 Å². The number of amides is 1. The summed E-state index contributed by atoms with van der Waals surface area (Å²) in [4.78, 5) is 25.8. The van der Waals surface area contributed by atoms with Gasteiger partial charge < -0.3 is 9.64 Å². The summed E-state index contributed by atoms with van der Waals surface area (Å²) in [6, 6.07) is 7.41. The van der Waals surface area contributed by atoms with Crippen molar-refractivity contribution in [1.29, 1.82) is 0 Å². The van der Waals surface area contributed by atoms with Crippen molar-refractivity contribution in [2.45, 2.75) is 40.7 Å². The SMILES string of the molecule is CCOC(=O)CCN(Cc1ccccc1Cl)C(=O)C(C)(C)C. The summed E-state index contributed by atoms with van der Waals surface area (Å²) < 4.78 is 4.93. The van der Waals surface area contributed by atoms with Gasteiger partial charge >= 0.3 is 5.97 Å². The first-order chi connectivity index (χ1) is 10.3. The maximum absolute atomic E-state index is 12.6. The molecule has 0 unspecified atom stereocenters. The fraction of sp³-hybridized carbons (Fsp3) is 0.529. The van der Waals surface area contributed by atoms with Crippen molar-refractivity contribution in [3.8, 4) is 0 Å². The Balaban J connectivity index is 2.85. The van der Waals surface area contributed by atoms with E-state index >= 15 is 0 Å². The molecule has 0 aliphatic heterocycles. The van der Waals surface area contributed by atoms with Gasteiger partial charge in [0, 0.05) is 23.5 Å². The van der Waals surface area contributed by atoms with Crippen LogP contribution in [-0.4, -0.2) is 29.9 Å². The number of benzene rings is 1. The average Bonchev–Trinajstić information content (AvgIpc) is 2.44. The van der Waals surface area contributed by atoms with Gasteiger partial charge in [0.2, 0.25) is 5.91 Å². The molecule has 0 bridgehead atoms. The van der Waals surface area contributed by atoms with Gasteiger partial charge in [0.15, 0.2) is 0 Å². The molecule has 1 aromatic rings. The maximum Gasteiger partial charge on any atom is 0.307 e. The van der Waals surface area contributed by atoms with Crippen molar-refractivity contribution in [2.24, 2.45) is 5.41 Å². The van der Waals surface area contributed by atoms with E-state index < -0.39 is 5.41 Å². The third-order valence-electron chi connectivity index (χ3n) is 3.14. The van der Waals surface area contributed by atoms with Crippen LogP contribution in [0.4, 0.5) is 0 Å². The number of nitrogens with zero attached hydrogens (tertiary/aromatic N) is 1. The first-order valence-electron chi connectivity index (χ1n) is 7.44. The smallest absolute Gasteiger partial charge is 0.307 e. The van der Waals surface area contributed by atoms with Gasteiger partial charge in [-0.2, -0.15) is 0 Å². The van der Waals surface area contributed by atoms with E-state index in [0.29, 0.717) is 24.7 Å². The molecule has 0 saturated carbocycles. The molecule has 22 heavy (non-hydrogen) atoms. The molecule has 1 amide bonds. The summed E-state index contributed by atoms with van der Waals surface area (Å²) in [5.41, 5.74) is 0.348. The summed E-state index contributed by atoms with van der Waals surface area (Å²) in [6.07, 6.45) is 0.181. The molecular weight excluding hydrogens is 302 g/mol. The highest BCUT2D eigenvalue weighted by Gasteiger charge is 2.28. The van der Waals surface area contributed by atoms with Crippen LogP contribution in [0.2, 0.25) is 5.02 Å². The minimum atomic E-state index is -0.518. The summed E-state index contributed by atoms with van der Waals surface area (Å²) in [7, 11) is 0. The molecule has 0 fully saturated rings. The molecule has 0 spiro atoms. The number of hydrogen-bond acceptors (Lipinski definition) is 3. The van der Waals surface area contributed by atoms with E-state index in [0.717, 1.165) is 5.56 Å². The number of rotatable bonds is 6. The maximum atomic E-state index is 12.6. The Labute approximate surface area is 137 Å². The Morgan fingerprint density at radius 1 is 1.23 bits per heavy atom. The van der Waals surface area contributed by atoms with Crippen molar-refractivity contribution in [1.82, 2.24) is 4.90 Å². The van der Waals surface area contributed by atoms with Crippen molar-refractivity contribution >= 4 is 23.5 Å². The lowest BCUT2D eigenvalue weighted by Crippen LogP contribution is -2.40. The third-order valence-corrected chi connectivity index (χ3v) is 3.51. The Morgan fingerprint density at radius 3 is 2.41 bits per heavy atom. The van der Waals surface area contributed by atoms with E-state index in [4.69, 9.17) is 16.3 Å². The van der Waals surface area contributed by atoms with Crippen LogP contribution >= 0.6 is 11.6 Å². The zero-order valence-electron chi connectivity index (χ0n) is 13.7. The number of ether oxygens (including phenoxy) is 1. The zero-order valence-corrected chi connectivity index (χ0v) is 14.4. The second-order valence-corrected chi connectivity index (χ2v) is 6.53. The number of carbonyl (C=O) groups excluding carboxylic acids is 2. The number of esters is 1. The second kappa shape index (κ2) is 8.18. The first-order valence-corrected chi connectivity index (χ1v) is 7.82. The molecule has 0 aliphatic rings. The molecule has 122 valence electrons. The van der Waals surface area contributed by atoms with Crippen LogP contribution in [0.3, 0.4) is 0 Å². The lowest BCUT2D eigenvalue weighted by atomic mass is 9.94. The fourth-order valence-electron chi connectivity index (χ4n) is 2.02. The fourth-order valence-corrected chi connectivity index (χ4v) is 2.21. The average molecular weight is 326 g/mol. The zero-order chi connectivity index (χ0) is 16.8. The van der Waals surface area contributed by atoms with Gasteiger partial charge in [-0.25, -0.2) is 0 Å². The molecule has 0 aliphatic carbocycles. The lowest BCUT2D eigenvalue weighted by Gasteiger charge is -2.29. The lowest BCUT2D eigenvalue weighted by molar-refractivity contribution is -0.145. The molecule has 5 heteroatoms. The standard InChI is InChI=1S/C17H24ClNO3/c1-5-22-15(20)10-11-19(16(21)17(2,3)4)12-13-8-6-7-9-14(13)18/h6-9H,5,10-12H2,1-4H3. The third kappa shape index (κ3) is 5.68. The van der Waals surface area contributed by atoms with E-state index in [-0.39, 0.29) is 18.3 Å². The van der Waals surface area contributed by atoms with Crippen LogP contribution < -0.4 is 0 Å². The minimum absolute atomic E-state index is 0.0169. The molecular formula is C17H24ClNO3. The highest BCUT2D eigenvalue weighted by atomic mass is 35.5. The van der Waals surface area contributed by atoms with Crippen LogP contribution in [0.5, 0.6) is 0 Å². The number of halogens is 1. The predicted molar refractivity (Wildman–Crippen MR) is 87.6 cm³/mol. The summed E-state index contributed by atoms with van der Waals surface area (Å²) >= 11 is 6.17. The Kier molecular flexibility index (Phi) is 6.88. The molecule has 4 nitrogen and oxygen atoms in total. The van der Waals surface area contributed by atoms with Crippen molar-refractivity contribution in [3.63, 3.8) is 0 Å². The molecule has 1 aromatic carbocycles. The largest absolute Gasteiger partial charge is 0.466 e. The number of carbonyl (C=O) groups is 2. The summed E-state index contributed by atoms with van der Waals surface area (Å²) in [5, 5.41) is 0.616. The van der Waals surface area contributed by atoms with Crippen molar-refractivity contribution in [3.05, 3.63) is 34.9 Å². The Morgan fingerprint density at radius 2 is 1.86 bits per heavy atom. The van der Waals surface area contributed by atoms with E-state index in [1.54, 1.807) is 17.9 Å².